The van der Waals surface area contributed by atoms with Crippen molar-refractivity contribution in [2.45, 2.75) is 25.6 Å². The van der Waals surface area contributed by atoms with Gasteiger partial charge >= 0.3 is 0 Å². The quantitative estimate of drug-likeness (QED) is 0.605. The molecule has 1 atom stereocenters. The molecule has 1 N–H and O–H groups in total. The van der Waals surface area contributed by atoms with Gasteiger partial charge in [-0.1, -0.05) is 30.3 Å². The minimum absolute atomic E-state index is 0.0253. The summed E-state index contributed by atoms with van der Waals surface area (Å²) in [6.45, 7) is 4.12. The first-order chi connectivity index (χ1) is 14.0. The first kappa shape index (κ1) is 19.7. The topological polar surface area (TPSA) is 49.4 Å². The van der Waals surface area contributed by atoms with Crippen LogP contribution < -0.4 is 10.2 Å². The molecule has 0 bridgehead atoms. The maximum atomic E-state index is 12.6. The molecule has 29 heavy (non-hydrogen) atoms. The van der Waals surface area contributed by atoms with Crippen LogP contribution >= 0.6 is 23.1 Å². The van der Waals surface area contributed by atoms with Crippen LogP contribution in [0.5, 0.6) is 0 Å². The minimum Gasteiger partial charge on any atom is -0.326 e. The number of thioether (sulfide) groups is 1. The number of rotatable bonds is 5. The van der Waals surface area contributed by atoms with E-state index in [-0.39, 0.29) is 17.2 Å². The van der Waals surface area contributed by atoms with Gasteiger partial charge in [-0.3, -0.25) is 14.5 Å². The maximum absolute atomic E-state index is 12.6. The number of hydrogen-bond donors (Lipinski definition) is 1. The van der Waals surface area contributed by atoms with Gasteiger partial charge in [0.05, 0.1) is 12.2 Å². The third kappa shape index (κ3) is 4.23. The lowest BCUT2D eigenvalue weighted by Crippen LogP contribution is -2.28. The molecule has 6 heteroatoms. The van der Waals surface area contributed by atoms with Crippen LogP contribution in [0.2, 0.25) is 0 Å². The van der Waals surface area contributed by atoms with Gasteiger partial charge in [-0.05, 0) is 60.2 Å². The van der Waals surface area contributed by atoms with Crippen molar-refractivity contribution < 1.29 is 9.59 Å². The van der Waals surface area contributed by atoms with Crippen molar-refractivity contribution in [2.75, 3.05) is 16.0 Å². The lowest BCUT2D eigenvalue weighted by atomic mass is 10.1. The van der Waals surface area contributed by atoms with E-state index in [9.17, 15) is 9.59 Å². The van der Waals surface area contributed by atoms with Gasteiger partial charge < -0.3 is 5.32 Å². The summed E-state index contributed by atoms with van der Waals surface area (Å²) in [7, 11) is 0. The molecule has 148 valence electrons. The minimum atomic E-state index is -0.0566. The second kappa shape index (κ2) is 8.43. The van der Waals surface area contributed by atoms with E-state index in [1.165, 1.54) is 5.56 Å². The summed E-state index contributed by atoms with van der Waals surface area (Å²) in [6, 6.07) is 17.8. The lowest BCUT2D eigenvalue weighted by Gasteiger charge is -2.26. The molecule has 0 radical (unpaired) electrons. The van der Waals surface area contributed by atoms with Crippen molar-refractivity contribution in [3.05, 3.63) is 81.5 Å². The molecule has 0 unspecified atom stereocenters. The predicted octanol–water partition coefficient (Wildman–Crippen LogP) is 5.32. The Balaban J connectivity index is 1.51. The number of amides is 2. The number of thiophene rings is 1. The van der Waals surface area contributed by atoms with Crippen molar-refractivity contribution in [3.8, 4) is 0 Å². The molecule has 2 amide bonds. The van der Waals surface area contributed by atoms with Crippen LogP contribution in [0.3, 0.4) is 0 Å². The third-order valence-corrected chi connectivity index (χ3v) is 7.19. The van der Waals surface area contributed by atoms with E-state index in [1.807, 2.05) is 58.8 Å². The van der Waals surface area contributed by atoms with E-state index >= 15 is 0 Å². The molecule has 1 fully saturated rings. The zero-order valence-electron chi connectivity index (χ0n) is 16.3. The van der Waals surface area contributed by atoms with Gasteiger partial charge in [0.1, 0.15) is 5.37 Å². The zero-order valence-corrected chi connectivity index (χ0v) is 18.0. The van der Waals surface area contributed by atoms with E-state index in [0.717, 1.165) is 27.4 Å². The smallest absolute Gasteiger partial charge is 0.238 e. The molecule has 1 aliphatic rings. The number of aryl methyl sites for hydroxylation is 1. The molecule has 1 aliphatic heterocycles. The van der Waals surface area contributed by atoms with E-state index in [1.54, 1.807) is 23.1 Å². The number of benzene rings is 2. The van der Waals surface area contributed by atoms with Crippen LogP contribution in [0, 0.1) is 13.8 Å². The summed E-state index contributed by atoms with van der Waals surface area (Å²) >= 11 is 3.21. The van der Waals surface area contributed by atoms with Gasteiger partial charge in [-0.2, -0.15) is 0 Å². The van der Waals surface area contributed by atoms with Gasteiger partial charge in [-0.15, -0.1) is 23.1 Å². The van der Waals surface area contributed by atoms with Crippen molar-refractivity contribution >= 4 is 46.3 Å². The SMILES string of the molecule is Cc1cccc(N2C(=O)CS[C@H]2c2ccc(NC(=O)Cc3cccs3)cc2)c1C. The first-order valence-corrected chi connectivity index (χ1v) is 11.4. The fourth-order valence-corrected chi connectivity index (χ4v) is 5.31. The molecule has 0 saturated carbocycles. The molecule has 4 nitrogen and oxygen atoms in total. The largest absolute Gasteiger partial charge is 0.326 e. The van der Waals surface area contributed by atoms with Crippen LogP contribution in [-0.4, -0.2) is 17.6 Å². The number of hydrogen-bond acceptors (Lipinski definition) is 4. The highest BCUT2D eigenvalue weighted by Crippen LogP contribution is 2.43. The van der Waals surface area contributed by atoms with Crippen molar-refractivity contribution in [3.63, 3.8) is 0 Å². The number of carbonyl (C=O) groups is 2. The highest BCUT2D eigenvalue weighted by atomic mass is 32.2. The number of carbonyl (C=O) groups excluding carboxylic acids is 2. The molecule has 2 heterocycles. The van der Waals surface area contributed by atoms with Crippen LogP contribution in [0.25, 0.3) is 0 Å². The Kier molecular flexibility index (Phi) is 5.74. The van der Waals surface area contributed by atoms with E-state index in [4.69, 9.17) is 0 Å². The normalized spacial score (nSPS) is 16.3. The Morgan fingerprint density at radius 1 is 1.10 bits per heavy atom. The van der Waals surface area contributed by atoms with Gasteiger partial charge in [-0.25, -0.2) is 0 Å². The summed E-state index contributed by atoms with van der Waals surface area (Å²) in [6.07, 6.45) is 0.382. The van der Waals surface area contributed by atoms with E-state index < -0.39 is 0 Å². The lowest BCUT2D eigenvalue weighted by molar-refractivity contribution is -0.116. The van der Waals surface area contributed by atoms with Crippen LogP contribution in [0.4, 0.5) is 11.4 Å². The van der Waals surface area contributed by atoms with Crippen LogP contribution in [0.15, 0.2) is 60.0 Å². The van der Waals surface area contributed by atoms with Crippen LogP contribution in [-0.2, 0) is 16.0 Å². The molecule has 0 aliphatic carbocycles. The highest BCUT2D eigenvalue weighted by Gasteiger charge is 2.34. The Labute approximate surface area is 178 Å². The molecule has 1 saturated heterocycles. The Bertz CT molecular complexity index is 1030. The molecular formula is C23H22N2O2S2. The fourth-order valence-electron chi connectivity index (χ4n) is 3.44. The number of anilines is 2. The average Bonchev–Trinajstić information content (AvgIpc) is 3.34. The summed E-state index contributed by atoms with van der Waals surface area (Å²) in [5.41, 5.74) is 5.10. The molecular weight excluding hydrogens is 400 g/mol. The van der Waals surface area contributed by atoms with E-state index in [0.29, 0.717) is 12.2 Å². The second-order valence-electron chi connectivity index (χ2n) is 7.07. The summed E-state index contributed by atoms with van der Waals surface area (Å²) in [5, 5.41) is 4.86. The molecule has 3 aromatic rings. The summed E-state index contributed by atoms with van der Waals surface area (Å²) < 4.78 is 0. The average molecular weight is 423 g/mol. The van der Waals surface area contributed by atoms with Crippen molar-refractivity contribution in [1.29, 1.82) is 0 Å². The van der Waals surface area contributed by atoms with E-state index in [2.05, 4.69) is 25.2 Å². The van der Waals surface area contributed by atoms with Gasteiger partial charge in [0.25, 0.3) is 0 Å². The monoisotopic (exact) mass is 422 g/mol. The standard InChI is InChI=1S/C23H22N2O2S2/c1-15-5-3-7-20(16(15)2)25-22(27)14-29-23(25)17-8-10-18(11-9-17)24-21(26)13-19-6-4-12-28-19/h3-12,23H,13-14H2,1-2H3,(H,24,26)/t23-/m0/s1. The Hall–Kier alpha value is -2.57. The Morgan fingerprint density at radius 2 is 1.90 bits per heavy atom. The fraction of sp³-hybridized carbons (Fsp3) is 0.217. The summed E-state index contributed by atoms with van der Waals surface area (Å²) in [5.74, 6) is 0.571. The van der Waals surface area contributed by atoms with Gasteiger partial charge in [0.15, 0.2) is 0 Å². The zero-order chi connectivity index (χ0) is 20.4. The highest BCUT2D eigenvalue weighted by molar-refractivity contribution is 8.00. The Morgan fingerprint density at radius 3 is 2.62 bits per heavy atom. The van der Waals surface area contributed by atoms with Crippen molar-refractivity contribution in [1.82, 2.24) is 0 Å². The van der Waals surface area contributed by atoms with Gasteiger partial charge in [0, 0.05) is 16.3 Å². The van der Waals surface area contributed by atoms with Gasteiger partial charge in [0.2, 0.25) is 11.8 Å². The molecule has 4 rings (SSSR count). The van der Waals surface area contributed by atoms with Crippen molar-refractivity contribution in [2.24, 2.45) is 0 Å². The molecule has 0 spiro atoms. The number of nitrogens with zero attached hydrogens (tertiary/aromatic N) is 1. The predicted molar refractivity (Wildman–Crippen MR) is 122 cm³/mol. The molecule has 1 aromatic heterocycles. The number of nitrogens with one attached hydrogen (secondary N) is 1. The van der Waals surface area contributed by atoms with Crippen LogP contribution in [0.1, 0.15) is 26.9 Å². The summed E-state index contributed by atoms with van der Waals surface area (Å²) in [4.78, 5) is 27.8. The third-order valence-electron chi connectivity index (χ3n) is 5.10. The first-order valence-electron chi connectivity index (χ1n) is 9.45. The second-order valence-corrected chi connectivity index (χ2v) is 9.17. The maximum Gasteiger partial charge on any atom is 0.238 e. The molecule has 2 aromatic carbocycles.